The maximum atomic E-state index is 12.2. The molecule has 0 radical (unpaired) electrons. The van der Waals surface area contributed by atoms with Crippen LogP contribution in [-0.2, 0) is 14.8 Å². The first-order valence-electron chi connectivity index (χ1n) is 8.79. The van der Waals surface area contributed by atoms with Crippen LogP contribution in [0.1, 0.15) is 25.0 Å². The fraction of sp³-hybridized carbons (Fsp3) is 0.300. The van der Waals surface area contributed by atoms with Gasteiger partial charge in [-0.3, -0.25) is 9.10 Å². The van der Waals surface area contributed by atoms with Crippen molar-refractivity contribution in [1.82, 2.24) is 5.43 Å². The minimum atomic E-state index is -3.62. The Morgan fingerprint density at radius 2 is 1.82 bits per heavy atom. The van der Waals surface area contributed by atoms with Crippen LogP contribution in [-0.4, -0.2) is 39.4 Å². The second-order valence-corrected chi connectivity index (χ2v) is 8.49. The van der Waals surface area contributed by atoms with Crippen molar-refractivity contribution in [2.75, 3.05) is 17.1 Å². The van der Waals surface area contributed by atoms with Crippen LogP contribution >= 0.6 is 0 Å². The number of anilines is 1. The van der Waals surface area contributed by atoms with Crippen molar-refractivity contribution in [3.05, 3.63) is 59.7 Å². The molecule has 1 amide bonds. The van der Waals surface area contributed by atoms with Crippen molar-refractivity contribution in [2.45, 2.75) is 26.9 Å². The molecule has 0 aliphatic heterocycles. The maximum Gasteiger partial charge on any atom is 0.260 e. The Balaban J connectivity index is 2.01. The first-order chi connectivity index (χ1) is 13.2. The Kier molecular flexibility index (Phi) is 7.17. The Bertz CT molecular complexity index is 938. The van der Waals surface area contributed by atoms with E-state index in [4.69, 9.17) is 4.74 Å². The monoisotopic (exact) mass is 403 g/mol. The van der Waals surface area contributed by atoms with Crippen LogP contribution in [0.3, 0.4) is 0 Å². The lowest BCUT2D eigenvalue weighted by Crippen LogP contribution is -2.39. The molecule has 150 valence electrons. The molecule has 0 aliphatic carbocycles. The Labute approximate surface area is 166 Å². The third-order valence-electron chi connectivity index (χ3n) is 3.73. The topological polar surface area (TPSA) is 88.1 Å². The maximum absolute atomic E-state index is 12.2. The summed E-state index contributed by atoms with van der Waals surface area (Å²) in [7, 11) is -3.62. The normalized spacial score (nSPS) is 11.6. The lowest BCUT2D eigenvalue weighted by Gasteiger charge is -2.23. The summed E-state index contributed by atoms with van der Waals surface area (Å²) < 4.78 is 30.9. The number of carbonyl (C=O) groups is 1. The van der Waals surface area contributed by atoms with E-state index >= 15 is 0 Å². The molecule has 0 bridgehead atoms. The quantitative estimate of drug-likeness (QED) is 0.542. The van der Waals surface area contributed by atoms with Gasteiger partial charge in [0, 0.05) is 0 Å². The Hall–Kier alpha value is -2.87. The second-order valence-electron chi connectivity index (χ2n) is 6.58. The van der Waals surface area contributed by atoms with Gasteiger partial charge in [-0.05, 0) is 62.2 Å². The molecule has 0 heterocycles. The van der Waals surface area contributed by atoms with E-state index in [2.05, 4.69) is 10.5 Å². The molecule has 0 saturated carbocycles. The molecule has 28 heavy (non-hydrogen) atoms. The number of aryl methyl sites for hydroxylation is 1. The molecule has 0 spiro atoms. The van der Waals surface area contributed by atoms with Gasteiger partial charge in [0.05, 0.1) is 24.3 Å². The highest BCUT2D eigenvalue weighted by molar-refractivity contribution is 7.92. The van der Waals surface area contributed by atoms with E-state index in [9.17, 15) is 13.2 Å². The third-order valence-corrected chi connectivity index (χ3v) is 4.85. The standard InChI is InChI=1S/C20H25N3O4S/c1-15(2)27-18-11-9-17(10-12-18)13-21-22-20(24)14-23(28(4,25)26)19-8-6-5-7-16(19)3/h5-13,15H,14H2,1-4H3,(H,22,24)/b21-13+. The smallest absolute Gasteiger partial charge is 0.260 e. The van der Waals surface area contributed by atoms with Gasteiger partial charge >= 0.3 is 0 Å². The zero-order valence-electron chi connectivity index (χ0n) is 16.4. The lowest BCUT2D eigenvalue weighted by atomic mass is 10.2. The highest BCUT2D eigenvalue weighted by atomic mass is 32.2. The van der Waals surface area contributed by atoms with Crippen molar-refractivity contribution in [3.63, 3.8) is 0 Å². The summed E-state index contributed by atoms with van der Waals surface area (Å²) in [6.07, 6.45) is 2.64. The first kappa shape index (κ1) is 21.4. The number of nitrogens with zero attached hydrogens (tertiary/aromatic N) is 2. The molecule has 0 aromatic heterocycles. The van der Waals surface area contributed by atoms with Crippen LogP contribution in [0.25, 0.3) is 0 Å². The fourth-order valence-corrected chi connectivity index (χ4v) is 3.39. The van der Waals surface area contributed by atoms with E-state index < -0.39 is 15.9 Å². The number of hydrazone groups is 1. The number of para-hydroxylation sites is 1. The van der Waals surface area contributed by atoms with E-state index in [0.717, 1.165) is 27.4 Å². The average molecular weight is 404 g/mol. The van der Waals surface area contributed by atoms with Crippen LogP contribution in [0.5, 0.6) is 5.75 Å². The van der Waals surface area contributed by atoms with Gasteiger partial charge in [-0.2, -0.15) is 5.10 Å². The summed E-state index contributed by atoms with van der Waals surface area (Å²) in [5.74, 6) is 0.211. The second kappa shape index (κ2) is 9.36. The van der Waals surface area contributed by atoms with E-state index in [1.54, 1.807) is 31.2 Å². The third kappa shape index (κ3) is 6.38. The zero-order valence-corrected chi connectivity index (χ0v) is 17.2. The van der Waals surface area contributed by atoms with Gasteiger partial charge in [-0.15, -0.1) is 0 Å². The number of hydrogen-bond donors (Lipinski definition) is 1. The molecule has 0 unspecified atom stereocenters. The lowest BCUT2D eigenvalue weighted by molar-refractivity contribution is -0.119. The van der Waals surface area contributed by atoms with Crippen LogP contribution in [0.2, 0.25) is 0 Å². The van der Waals surface area contributed by atoms with Crippen LogP contribution in [0, 0.1) is 6.92 Å². The van der Waals surface area contributed by atoms with Gasteiger partial charge in [0.1, 0.15) is 12.3 Å². The summed E-state index contributed by atoms with van der Waals surface area (Å²) in [5, 5.41) is 3.90. The van der Waals surface area contributed by atoms with E-state index in [1.807, 2.05) is 38.1 Å². The van der Waals surface area contributed by atoms with E-state index in [0.29, 0.717) is 5.69 Å². The molecular weight excluding hydrogens is 378 g/mol. The summed E-state index contributed by atoms with van der Waals surface area (Å²) in [4.78, 5) is 12.2. The molecular formula is C20H25N3O4S. The van der Waals surface area contributed by atoms with Gasteiger partial charge in [0.2, 0.25) is 10.0 Å². The highest BCUT2D eigenvalue weighted by Crippen LogP contribution is 2.21. The SMILES string of the molecule is Cc1ccccc1N(CC(=O)N/N=C/c1ccc(OC(C)C)cc1)S(C)(=O)=O. The molecule has 0 aliphatic rings. The van der Waals surface area contributed by atoms with Crippen LogP contribution in [0.4, 0.5) is 5.69 Å². The van der Waals surface area contributed by atoms with Crippen LogP contribution < -0.4 is 14.5 Å². The highest BCUT2D eigenvalue weighted by Gasteiger charge is 2.21. The van der Waals surface area contributed by atoms with Crippen molar-refractivity contribution >= 4 is 27.8 Å². The van der Waals surface area contributed by atoms with Crippen molar-refractivity contribution in [3.8, 4) is 5.75 Å². The molecule has 0 saturated heterocycles. The molecule has 0 atom stereocenters. The van der Waals surface area contributed by atoms with Gasteiger partial charge in [0.25, 0.3) is 5.91 Å². The fourth-order valence-electron chi connectivity index (χ4n) is 2.47. The number of hydrogen-bond acceptors (Lipinski definition) is 5. The minimum Gasteiger partial charge on any atom is -0.491 e. The first-order valence-corrected chi connectivity index (χ1v) is 10.6. The molecule has 7 nitrogen and oxygen atoms in total. The van der Waals surface area contributed by atoms with Gasteiger partial charge in [-0.25, -0.2) is 13.8 Å². The number of carbonyl (C=O) groups excluding carboxylic acids is 1. The summed E-state index contributed by atoms with van der Waals surface area (Å²) in [5.41, 5.74) is 4.36. The van der Waals surface area contributed by atoms with Gasteiger partial charge in [0.15, 0.2) is 0 Å². The number of sulfonamides is 1. The number of nitrogens with one attached hydrogen (secondary N) is 1. The van der Waals surface area contributed by atoms with Gasteiger partial charge < -0.3 is 4.74 Å². The zero-order chi connectivity index (χ0) is 20.7. The van der Waals surface area contributed by atoms with E-state index in [1.165, 1.54) is 6.21 Å². The summed E-state index contributed by atoms with van der Waals surface area (Å²) in [6, 6.07) is 14.2. The Morgan fingerprint density at radius 3 is 2.39 bits per heavy atom. The van der Waals surface area contributed by atoms with Gasteiger partial charge in [-0.1, -0.05) is 18.2 Å². The molecule has 8 heteroatoms. The Morgan fingerprint density at radius 1 is 1.18 bits per heavy atom. The molecule has 2 rings (SSSR count). The largest absolute Gasteiger partial charge is 0.491 e. The number of amides is 1. The van der Waals surface area contributed by atoms with Crippen molar-refractivity contribution in [2.24, 2.45) is 5.10 Å². The van der Waals surface area contributed by atoms with Crippen LogP contribution in [0.15, 0.2) is 53.6 Å². The predicted molar refractivity (Wildman–Crippen MR) is 111 cm³/mol. The number of benzene rings is 2. The summed E-state index contributed by atoms with van der Waals surface area (Å²) in [6.45, 7) is 5.32. The van der Waals surface area contributed by atoms with E-state index in [-0.39, 0.29) is 12.6 Å². The molecule has 2 aromatic rings. The predicted octanol–water partition coefficient (Wildman–Crippen LogP) is 2.70. The van der Waals surface area contributed by atoms with Crippen molar-refractivity contribution in [1.29, 1.82) is 0 Å². The average Bonchev–Trinajstić information content (AvgIpc) is 2.60. The summed E-state index contributed by atoms with van der Waals surface area (Å²) >= 11 is 0. The molecule has 2 aromatic carbocycles. The molecule has 0 fully saturated rings. The number of ether oxygens (including phenoxy) is 1. The van der Waals surface area contributed by atoms with Crippen molar-refractivity contribution < 1.29 is 17.9 Å². The minimum absolute atomic E-state index is 0.0878. The molecule has 1 N–H and O–H groups in total. The number of rotatable bonds is 8.